The summed E-state index contributed by atoms with van der Waals surface area (Å²) in [5.41, 5.74) is 0. The van der Waals surface area contributed by atoms with Gasteiger partial charge in [0.05, 0.1) is 5.02 Å². The van der Waals surface area contributed by atoms with Crippen molar-refractivity contribution in [3.8, 4) is 5.75 Å². The average Bonchev–Trinajstić information content (AvgIpc) is 2.37. The zero-order valence-corrected chi connectivity index (χ0v) is 13.3. The van der Waals surface area contributed by atoms with E-state index in [2.05, 4.69) is 17.6 Å². The number of halogens is 3. The highest BCUT2D eigenvalue weighted by molar-refractivity contribution is 6.32. The first kappa shape index (κ1) is 18.0. The number of hydrogen-bond acceptors (Lipinski definition) is 3. The molecular formula is C14H19Cl2FN2O2. The first-order valence-corrected chi connectivity index (χ1v) is 7.03. The lowest BCUT2D eigenvalue weighted by Gasteiger charge is -2.28. The zero-order chi connectivity index (χ0) is 14.5. The molecule has 1 aromatic carbocycles. The van der Waals surface area contributed by atoms with E-state index in [1.54, 1.807) is 0 Å². The van der Waals surface area contributed by atoms with Crippen LogP contribution in [0.5, 0.6) is 5.75 Å². The molecule has 1 aromatic rings. The third-order valence-corrected chi connectivity index (χ3v) is 3.54. The minimum absolute atomic E-state index is 0. The topological polar surface area (TPSA) is 50.4 Å². The molecule has 1 saturated heterocycles. The van der Waals surface area contributed by atoms with Crippen molar-refractivity contribution >= 4 is 29.9 Å². The van der Waals surface area contributed by atoms with Crippen LogP contribution in [0.25, 0.3) is 0 Å². The van der Waals surface area contributed by atoms with Crippen LogP contribution in [0.4, 0.5) is 4.39 Å². The van der Waals surface area contributed by atoms with E-state index >= 15 is 0 Å². The van der Waals surface area contributed by atoms with Crippen LogP contribution in [-0.4, -0.2) is 31.1 Å². The summed E-state index contributed by atoms with van der Waals surface area (Å²) in [5.74, 6) is -0.318. The molecule has 1 aliphatic heterocycles. The van der Waals surface area contributed by atoms with Gasteiger partial charge in [-0.3, -0.25) is 4.79 Å². The van der Waals surface area contributed by atoms with Crippen LogP contribution in [0.3, 0.4) is 0 Å². The number of carbonyl (C=O) groups is 1. The minimum Gasteiger partial charge on any atom is -0.482 e. The lowest BCUT2D eigenvalue weighted by molar-refractivity contribution is -0.124. The second kappa shape index (κ2) is 8.41. The van der Waals surface area contributed by atoms with E-state index < -0.39 is 5.82 Å². The molecule has 1 amide bonds. The normalized spacial score (nSPS) is 21.3. The van der Waals surface area contributed by atoms with E-state index in [1.807, 2.05) is 0 Å². The Labute approximate surface area is 134 Å². The zero-order valence-electron chi connectivity index (χ0n) is 11.7. The fourth-order valence-electron chi connectivity index (χ4n) is 2.27. The minimum atomic E-state index is -0.435. The number of ether oxygens (including phenoxy) is 1. The van der Waals surface area contributed by atoms with Gasteiger partial charge in [0.25, 0.3) is 5.91 Å². The lowest BCUT2D eigenvalue weighted by Crippen LogP contribution is -2.47. The summed E-state index contributed by atoms with van der Waals surface area (Å²) in [6.45, 7) is 2.87. The Morgan fingerprint density at radius 2 is 2.33 bits per heavy atom. The van der Waals surface area contributed by atoms with Gasteiger partial charge in [0, 0.05) is 12.1 Å². The number of nitrogens with one attached hydrogen (secondary N) is 2. The van der Waals surface area contributed by atoms with Crippen molar-refractivity contribution in [1.29, 1.82) is 0 Å². The molecular weight excluding hydrogens is 318 g/mol. The Bertz CT molecular complexity index is 488. The summed E-state index contributed by atoms with van der Waals surface area (Å²) in [7, 11) is 0. The van der Waals surface area contributed by atoms with Gasteiger partial charge in [0.1, 0.15) is 11.6 Å². The number of benzene rings is 1. The maximum absolute atomic E-state index is 12.9. The molecule has 4 nitrogen and oxygen atoms in total. The molecule has 0 saturated carbocycles. The Balaban J connectivity index is 0.00000220. The first-order valence-electron chi connectivity index (χ1n) is 6.65. The lowest BCUT2D eigenvalue weighted by atomic mass is 10.0. The summed E-state index contributed by atoms with van der Waals surface area (Å²) < 4.78 is 18.2. The molecule has 21 heavy (non-hydrogen) atoms. The second-order valence-electron chi connectivity index (χ2n) is 5.01. The Kier molecular flexibility index (Phi) is 7.22. The van der Waals surface area contributed by atoms with Crippen molar-refractivity contribution in [1.82, 2.24) is 10.6 Å². The molecule has 0 aromatic heterocycles. The molecule has 2 atom stereocenters. The predicted molar refractivity (Wildman–Crippen MR) is 82.8 cm³/mol. The van der Waals surface area contributed by atoms with Crippen LogP contribution < -0.4 is 15.4 Å². The van der Waals surface area contributed by atoms with Crippen molar-refractivity contribution in [3.05, 3.63) is 29.0 Å². The van der Waals surface area contributed by atoms with E-state index in [0.29, 0.717) is 11.8 Å². The molecule has 1 heterocycles. The van der Waals surface area contributed by atoms with Gasteiger partial charge in [-0.05, 0) is 44.5 Å². The average molecular weight is 337 g/mol. The van der Waals surface area contributed by atoms with E-state index in [9.17, 15) is 9.18 Å². The second-order valence-corrected chi connectivity index (χ2v) is 5.41. The summed E-state index contributed by atoms with van der Waals surface area (Å²) in [6.07, 6.45) is 1.82. The van der Waals surface area contributed by atoms with E-state index in [-0.39, 0.29) is 36.0 Å². The van der Waals surface area contributed by atoms with Gasteiger partial charge < -0.3 is 15.4 Å². The molecule has 118 valence electrons. The molecule has 7 heteroatoms. The SMILES string of the molecule is CC1CC(NC(=O)COc2ccc(F)cc2Cl)CCN1.Cl. The summed E-state index contributed by atoms with van der Waals surface area (Å²) in [6, 6.07) is 4.39. The highest BCUT2D eigenvalue weighted by Crippen LogP contribution is 2.24. The molecule has 0 bridgehead atoms. The first-order chi connectivity index (χ1) is 9.54. The van der Waals surface area contributed by atoms with Gasteiger partial charge in [0.2, 0.25) is 0 Å². The summed E-state index contributed by atoms with van der Waals surface area (Å²) in [5, 5.41) is 6.41. The van der Waals surface area contributed by atoms with Crippen molar-refractivity contribution in [2.24, 2.45) is 0 Å². The van der Waals surface area contributed by atoms with Gasteiger partial charge in [-0.2, -0.15) is 0 Å². The third-order valence-electron chi connectivity index (χ3n) is 3.24. The van der Waals surface area contributed by atoms with Crippen LogP contribution in [0.1, 0.15) is 19.8 Å². The number of amides is 1. The standard InChI is InChI=1S/C14H18ClFN2O2.ClH/c1-9-6-11(4-5-17-9)18-14(19)8-20-13-3-2-10(16)7-12(13)15;/h2-3,7,9,11,17H,4-6,8H2,1H3,(H,18,19);1H. The maximum atomic E-state index is 12.9. The quantitative estimate of drug-likeness (QED) is 0.888. The molecule has 0 radical (unpaired) electrons. The van der Waals surface area contributed by atoms with Crippen LogP contribution >= 0.6 is 24.0 Å². The van der Waals surface area contributed by atoms with Crippen molar-refractivity contribution < 1.29 is 13.9 Å². The molecule has 1 aliphatic rings. The van der Waals surface area contributed by atoms with E-state index in [1.165, 1.54) is 12.1 Å². The Hall–Kier alpha value is -1.04. The monoisotopic (exact) mass is 336 g/mol. The van der Waals surface area contributed by atoms with Crippen LogP contribution in [-0.2, 0) is 4.79 Å². The number of hydrogen-bond donors (Lipinski definition) is 2. The summed E-state index contributed by atoms with van der Waals surface area (Å²) >= 11 is 5.82. The summed E-state index contributed by atoms with van der Waals surface area (Å²) in [4.78, 5) is 11.8. The van der Waals surface area contributed by atoms with Crippen molar-refractivity contribution in [2.75, 3.05) is 13.2 Å². The van der Waals surface area contributed by atoms with Gasteiger partial charge >= 0.3 is 0 Å². The van der Waals surface area contributed by atoms with Crippen molar-refractivity contribution in [3.63, 3.8) is 0 Å². The molecule has 2 unspecified atom stereocenters. The number of carbonyl (C=O) groups excluding carboxylic acids is 1. The van der Waals surface area contributed by atoms with Gasteiger partial charge in [-0.1, -0.05) is 11.6 Å². The fourth-order valence-corrected chi connectivity index (χ4v) is 2.49. The molecule has 2 rings (SSSR count). The third kappa shape index (κ3) is 5.69. The molecule has 0 aliphatic carbocycles. The van der Waals surface area contributed by atoms with Crippen LogP contribution in [0, 0.1) is 5.82 Å². The Morgan fingerprint density at radius 3 is 3.00 bits per heavy atom. The van der Waals surface area contributed by atoms with E-state index in [4.69, 9.17) is 16.3 Å². The largest absolute Gasteiger partial charge is 0.482 e. The number of rotatable bonds is 4. The van der Waals surface area contributed by atoms with Gasteiger partial charge in [-0.15, -0.1) is 12.4 Å². The van der Waals surface area contributed by atoms with Gasteiger partial charge in [-0.25, -0.2) is 4.39 Å². The number of piperidine rings is 1. The van der Waals surface area contributed by atoms with Crippen molar-refractivity contribution in [2.45, 2.75) is 31.8 Å². The molecule has 0 spiro atoms. The van der Waals surface area contributed by atoms with Gasteiger partial charge in [0.15, 0.2) is 6.61 Å². The highest BCUT2D eigenvalue weighted by Gasteiger charge is 2.20. The van der Waals surface area contributed by atoms with E-state index in [0.717, 1.165) is 25.5 Å². The maximum Gasteiger partial charge on any atom is 0.258 e. The molecule has 1 fully saturated rings. The highest BCUT2D eigenvalue weighted by atomic mass is 35.5. The smallest absolute Gasteiger partial charge is 0.258 e. The fraction of sp³-hybridized carbons (Fsp3) is 0.500. The molecule has 2 N–H and O–H groups in total. The predicted octanol–water partition coefficient (Wildman–Crippen LogP) is 2.54. The van der Waals surface area contributed by atoms with Crippen LogP contribution in [0.15, 0.2) is 18.2 Å². The Morgan fingerprint density at radius 1 is 1.57 bits per heavy atom. The van der Waals surface area contributed by atoms with Crippen LogP contribution in [0.2, 0.25) is 5.02 Å².